The zero-order chi connectivity index (χ0) is 21.6. The average molecular weight is 406 g/mol. The Hall–Kier alpha value is -4.18. The van der Waals surface area contributed by atoms with Gasteiger partial charge in [-0.25, -0.2) is 0 Å². The van der Waals surface area contributed by atoms with E-state index in [1.807, 2.05) is 79.7 Å². The molecule has 0 radical (unpaired) electrons. The molecule has 0 aliphatic heterocycles. The van der Waals surface area contributed by atoms with Gasteiger partial charge in [0.2, 0.25) is 0 Å². The molecule has 152 valence electrons. The van der Waals surface area contributed by atoms with Crippen LogP contribution >= 0.6 is 0 Å². The van der Waals surface area contributed by atoms with E-state index in [1.54, 1.807) is 30.3 Å². The van der Waals surface area contributed by atoms with Crippen LogP contribution in [0.2, 0.25) is 0 Å². The standard InChI is InChI=1S/C27H22N2O2/c1-19-7-5-6-10-25(19)27(31)29-24-17-15-23(16-18-24)28-26(30)22-13-11-21(12-14-22)20-8-3-2-4-9-20/h2-18H,1H3,(H,28,30)(H,29,31). The molecule has 31 heavy (non-hydrogen) atoms. The molecule has 2 N–H and O–H groups in total. The smallest absolute Gasteiger partial charge is 0.255 e. The van der Waals surface area contributed by atoms with Gasteiger partial charge in [-0.1, -0.05) is 60.7 Å². The predicted molar refractivity (Wildman–Crippen MR) is 125 cm³/mol. The number of aryl methyl sites for hydroxylation is 1. The third-order valence-corrected chi connectivity index (χ3v) is 5.04. The first-order chi connectivity index (χ1) is 15.1. The summed E-state index contributed by atoms with van der Waals surface area (Å²) in [7, 11) is 0. The lowest BCUT2D eigenvalue weighted by atomic mass is 10.0. The molecule has 2 amide bonds. The molecule has 4 heteroatoms. The van der Waals surface area contributed by atoms with Gasteiger partial charge in [0.25, 0.3) is 11.8 Å². The molecular formula is C27H22N2O2. The van der Waals surface area contributed by atoms with E-state index in [4.69, 9.17) is 0 Å². The number of hydrogen-bond donors (Lipinski definition) is 2. The second-order valence-corrected chi connectivity index (χ2v) is 7.24. The summed E-state index contributed by atoms with van der Waals surface area (Å²) in [5.41, 5.74) is 5.63. The lowest BCUT2D eigenvalue weighted by molar-refractivity contribution is 0.101. The Morgan fingerprint density at radius 2 is 1.06 bits per heavy atom. The van der Waals surface area contributed by atoms with E-state index in [1.165, 1.54) is 0 Å². The summed E-state index contributed by atoms with van der Waals surface area (Å²) >= 11 is 0. The molecule has 0 unspecified atom stereocenters. The lowest BCUT2D eigenvalue weighted by Gasteiger charge is -2.10. The third-order valence-electron chi connectivity index (χ3n) is 5.04. The van der Waals surface area contributed by atoms with Crippen LogP contribution in [0.25, 0.3) is 11.1 Å². The maximum atomic E-state index is 12.6. The highest BCUT2D eigenvalue weighted by molar-refractivity contribution is 6.06. The molecule has 0 aliphatic rings. The number of rotatable bonds is 5. The Morgan fingerprint density at radius 1 is 0.548 bits per heavy atom. The lowest BCUT2D eigenvalue weighted by Crippen LogP contribution is -2.14. The van der Waals surface area contributed by atoms with Crippen LogP contribution in [-0.2, 0) is 0 Å². The van der Waals surface area contributed by atoms with Gasteiger partial charge in [0.1, 0.15) is 0 Å². The summed E-state index contributed by atoms with van der Waals surface area (Å²) in [6.45, 7) is 1.90. The van der Waals surface area contributed by atoms with Crippen LogP contribution in [0, 0.1) is 6.92 Å². The van der Waals surface area contributed by atoms with Crippen LogP contribution in [0.1, 0.15) is 26.3 Å². The van der Waals surface area contributed by atoms with Crippen LogP contribution < -0.4 is 10.6 Å². The molecule has 0 saturated heterocycles. The molecule has 4 nitrogen and oxygen atoms in total. The fraction of sp³-hybridized carbons (Fsp3) is 0.0370. The Kier molecular flexibility index (Phi) is 5.90. The van der Waals surface area contributed by atoms with E-state index in [0.717, 1.165) is 16.7 Å². The van der Waals surface area contributed by atoms with Gasteiger partial charge >= 0.3 is 0 Å². The molecular weight excluding hydrogens is 384 g/mol. The minimum atomic E-state index is -0.184. The number of benzene rings is 4. The van der Waals surface area contributed by atoms with Gasteiger partial charge in [-0.15, -0.1) is 0 Å². The van der Waals surface area contributed by atoms with Gasteiger partial charge in [-0.05, 0) is 66.1 Å². The molecule has 0 spiro atoms. The molecule has 4 aromatic rings. The van der Waals surface area contributed by atoms with Crippen molar-refractivity contribution in [3.8, 4) is 11.1 Å². The van der Waals surface area contributed by atoms with Gasteiger partial charge in [-0.2, -0.15) is 0 Å². The van der Waals surface area contributed by atoms with Crippen molar-refractivity contribution < 1.29 is 9.59 Å². The van der Waals surface area contributed by atoms with Crippen LogP contribution in [0.4, 0.5) is 11.4 Å². The maximum Gasteiger partial charge on any atom is 0.255 e. The van der Waals surface area contributed by atoms with Gasteiger partial charge in [-0.3, -0.25) is 9.59 Å². The van der Waals surface area contributed by atoms with Crippen molar-refractivity contribution in [1.29, 1.82) is 0 Å². The van der Waals surface area contributed by atoms with Gasteiger partial charge < -0.3 is 10.6 Å². The van der Waals surface area contributed by atoms with Crippen molar-refractivity contribution in [3.05, 3.63) is 120 Å². The van der Waals surface area contributed by atoms with E-state index >= 15 is 0 Å². The van der Waals surface area contributed by atoms with E-state index in [2.05, 4.69) is 10.6 Å². The summed E-state index contributed by atoms with van der Waals surface area (Å²) < 4.78 is 0. The highest BCUT2D eigenvalue weighted by atomic mass is 16.2. The van der Waals surface area contributed by atoms with Crippen LogP contribution in [0.3, 0.4) is 0 Å². The number of hydrogen-bond acceptors (Lipinski definition) is 2. The molecule has 0 aromatic heterocycles. The number of amides is 2. The molecule has 0 heterocycles. The zero-order valence-electron chi connectivity index (χ0n) is 17.1. The van der Waals surface area contributed by atoms with Crippen molar-refractivity contribution in [2.45, 2.75) is 6.92 Å². The van der Waals surface area contributed by atoms with Crippen molar-refractivity contribution in [2.75, 3.05) is 10.6 Å². The molecule has 4 rings (SSSR count). The number of carbonyl (C=O) groups is 2. The first-order valence-corrected chi connectivity index (χ1v) is 10.0. The average Bonchev–Trinajstić information content (AvgIpc) is 2.81. The number of nitrogens with one attached hydrogen (secondary N) is 2. The highest BCUT2D eigenvalue weighted by Gasteiger charge is 2.10. The largest absolute Gasteiger partial charge is 0.322 e. The molecule has 4 aromatic carbocycles. The quantitative estimate of drug-likeness (QED) is 0.417. The Bertz CT molecular complexity index is 1200. The first kappa shape index (κ1) is 20.1. The van der Waals surface area contributed by atoms with Crippen LogP contribution in [-0.4, -0.2) is 11.8 Å². The summed E-state index contributed by atoms with van der Waals surface area (Å²) in [6.07, 6.45) is 0. The topological polar surface area (TPSA) is 58.2 Å². The van der Waals surface area contributed by atoms with E-state index in [-0.39, 0.29) is 11.8 Å². The summed E-state index contributed by atoms with van der Waals surface area (Å²) in [5.74, 6) is -0.343. The highest BCUT2D eigenvalue weighted by Crippen LogP contribution is 2.20. The SMILES string of the molecule is Cc1ccccc1C(=O)Nc1ccc(NC(=O)c2ccc(-c3ccccc3)cc2)cc1. The Balaban J connectivity index is 1.39. The molecule has 0 saturated carbocycles. The maximum absolute atomic E-state index is 12.6. The summed E-state index contributed by atoms with van der Waals surface area (Å²) in [5, 5.41) is 5.77. The minimum absolute atomic E-state index is 0.159. The van der Waals surface area contributed by atoms with Crippen molar-refractivity contribution in [2.24, 2.45) is 0 Å². The minimum Gasteiger partial charge on any atom is -0.322 e. The van der Waals surface area contributed by atoms with Crippen molar-refractivity contribution in [1.82, 2.24) is 0 Å². The third kappa shape index (κ3) is 4.87. The molecule has 0 atom stereocenters. The Labute approximate surface area is 181 Å². The molecule has 0 bridgehead atoms. The van der Waals surface area contributed by atoms with Crippen molar-refractivity contribution >= 4 is 23.2 Å². The fourth-order valence-electron chi connectivity index (χ4n) is 3.31. The van der Waals surface area contributed by atoms with Crippen LogP contribution in [0.5, 0.6) is 0 Å². The second-order valence-electron chi connectivity index (χ2n) is 7.24. The van der Waals surface area contributed by atoms with E-state index < -0.39 is 0 Å². The van der Waals surface area contributed by atoms with Crippen molar-refractivity contribution in [3.63, 3.8) is 0 Å². The Morgan fingerprint density at radius 3 is 1.68 bits per heavy atom. The van der Waals surface area contributed by atoms with Crippen LogP contribution in [0.15, 0.2) is 103 Å². The van der Waals surface area contributed by atoms with Gasteiger partial charge in [0, 0.05) is 22.5 Å². The zero-order valence-corrected chi connectivity index (χ0v) is 17.1. The summed E-state index contributed by atoms with van der Waals surface area (Å²) in [6, 6.07) is 32.0. The first-order valence-electron chi connectivity index (χ1n) is 10.0. The second kappa shape index (κ2) is 9.09. The van der Waals surface area contributed by atoms with E-state index in [9.17, 15) is 9.59 Å². The number of anilines is 2. The monoisotopic (exact) mass is 406 g/mol. The van der Waals surface area contributed by atoms with Gasteiger partial charge in [0.05, 0.1) is 0 Å². The summed E-state index contributed by atoms with van der Waals surface area (Å²) in [4.78, 5) is 25.0. The number of carbonyl (C=O) groups excluding carboxylic acids is 2. The molecule has 0 fully saturated rings. The van der Waals surface area contributed by atoms with E-state index in [0.29, 0.717) is 22.5 Å². The fourth-order valence-corrected chi connectivity index (χ4v) is 3.31. The molecule has 0 aliphatic carbocycles. The predicted octanol–water partition coefficient (Wildman–Crippen LogP) is 6.17. The van der Waals surface area contributed by atoms with Gasteiger partial charge in [0.15, 0.2) is 0 Å². The normalized spacial score (nSPS) is 10.4.